The van der Waals surface area contributed by atoms with Crippen LogP contribution in [0, 0.1) is 20.8 Å². The summed E-state index contributed by atoms with van der Waals surface area (Å²) in [6, 6.07) is 21.1. The zero-order valence-corrected chi connectivity index (χ0v) is 17.8. The predicted octanol–water partition coefficient (Wildman–Crippen LogP) is 4.28. The first-order valence-electron chi connectivity index (χ1n) is 9.92. The predicted molar refractivity (Wildman–Crippen MR) is 122 cm³/mol. The second-order valence-corrected chi connectivity index (χ2v) is 7.23. The first-order valence-corrected chi connectivity index (χ1v) is 9.92. The van der Waals surface area contributed by atoms with Crippen molar-refractivity contribution in [2.24, 2.45) is 5.10 Å². The summed E-state index contributed by atoms with van der Waals surface area (Å²) >= 11 is 0. The van der Waals surface area contributed by atoms with Gasteiger partial charge in [-0.2, -0.15) is 5.10 Å². The lowest BCUT2D eigenvalue weighted by Crippen LogP contribution is -2.32. The molecule has 3 aromatic rings. The van der Waals surface area contributed by atoms with Crippen molar-refractivity contribution in [1.82, 2.24) is 5.43 Å². The number of hydrogen-bond acceptors (Lipinski definition) is 4. The monoisotopic (exact) mass is 415 g/mol. The van der Waals surface area contributed by atoms with E-state index in [1.807, 2.05) is 87.5 Å². The van der Waals surface area contributed by atoms with Crippen LogP contribution in [0.25, 0.3) is 0 Å². The molecule has 0 aliphatic carbocycles. The number of rotatable bonds is 6. The van der Waals surface area contributed by atoms with Crippen LogP contribution >= 0.6 is 0 Å². The lowest BCUT2D eigenvalue weighted by Gasteiger charge is -2.10. The maximum absolute atomic E-state index is 12.2. The summed E-state index contributed by atoms with van der Waals surface area (Å²) in [5.74, 6) is -1.00. The molecule has 3 aromatic carbocycles. The van der Waals surface area contributed by atoms with Crippen molar-refractivity contribution >= 4 is 23.7 Å². The standard InChI is InChI=1S/C25H25N3O3/c1-17-11-13-20(14-12-17)16-31-22-10-5-4-9-21(22)15-26-28-25(30)24(29)27-23-18(2)7-6-8-19(23)3/h4-15H,16H2,1-3H3,(H,27,29)(H,28,30)/b26-15-. The Morgan fingerprint density at radius 2 is 1.55 bits per heavy atom. The number of carbonyl (C=O) groups is 2. The number of aryl methyl sites for hydroxylation is 3. The van der Waals surface area contributed by atoms with Gasteiger partial charge in [-0.25, -0.2) is 5.43 Å². The number of carbonyl (C=O) groups excluding carboxylic acids is 2. The number of nitrogens with zero attached hydrogens (tertiary/aromatic N) is 1. The van der Waals surface area contributed by atoms with Crippen LogP contribution in [0.3, 0.4) is 0 Å². The molecule has 2 amide bonds. The normalized spacial score (nSPS) is 10.7. The van der Waals surface area contributed by atoms with Crippen LogP contribution in [0.4, 0.5) is 5.69 Å². The number of anilines is 1. The van der Waals surface area contributed by atoms with Crippen LogP contribution in [0.5, 0.6) is 5.75 Å². The molecular weight excluding hydrogens is 390 g/mol. The topological polar surface area (TPSA) is 79.8 Å². The van der Waals surface area contributed by atoms with Gasteiger partial charge in [-0.1, -0.05) is 60.2 Å². The highest BCUT2D eigenvalue weighted by Gasteiger charge is 2.15. The van der Waals surface area contributed by atoms with Crippen LogP contribution in [0.1, 0.15) is 27.8 Å². The van der Waals surface area contributed by atoms with E-state index in [0.29, 0.717) is 23.6 Å². The van der Waals surface area contributed by atoms with E-state index >= 15 is 0 Å². The lowest BCUT2D eigenvalue weighted by molar-refractivity contribution is -0.136. The maximum atomic E-state index is 12.2. The van der Waals surface area contributed by atoms with E-state index in [1.165, 1.54) is 11.8 Å². The molecule has 0 aliphatic rings. The van der Waals surface area contributed by atoms with Gasteiger partial charge in [-0.3, -0.25) is 9.59 Å². The highest BCUT2D eigenvalue weighted by atomic mass is 16.5. The summed E-state index contributed by atoms with van der Waals surface area (Å²) in [5.41, 5.74) is 7.57. The van der Waals surface area contributed by atoms with E-state index in [9.17, 15) is 9.59 Å². The molecule has 6 heteroatoms. The zero-order chi connectivity index (χ0) is 22.2. The van der Waals surface area contributed by atoms with Crippen LogP contribution < -0.4 is 15.5 Å². The Kier molecular flexibility index (Phi) is 7.17. The van der Waals surface area contributed by atoms with Gasteiger partial charge in [0.25, 0.3) is 0 Å². The summed E-state index contributed by atoms with van der Waals surface area (Å²) in [5, 5.41) is 6.54. The Hall–Kier alpha value is -3.93. The molecule has 0 saturated heterocycles. The van der Waals surface area contributed by atoms with E-state index in [-0.39, 0.29) is 0 Å². The summed E-state index contributed by atoms with van der Waals surface area (Å²) in [6.45, 7) is 6.18. The van der Waals surface area contributed by atoms with Gasteiger partial charge >= 0.3 is 11.8 Å². The van der Waals surface area contributed by atoms with Gasteiger partial charge in [-0.15, -0.1) is 0 Å². The third kappa shape index (κ3) is 6.02. The molecule has 0 atom stereocenters. The van der Waals surface area contributed by atoms with E-state index in [1.54, 1.807) is 0 Å². The van der Waals surface area contributed by atoms with E-state index in [4.69, 9.17) is 4.74 Å². The number of benzene rings is 3. The van der Waals surface area contributed by atoms with Crippen LogP contribution in [0.15, 0.2) is 71.8 Å². The van der Waals surface area contributed by atoms with Gasteiger partial charge in [0.15, 0.2) is 0 Å². The van der Waals surface area contributed by atoms with Gasteiger partial charge in [0, 0.05) is 11.3 Å². The summed E-state index contributed by atoms with van der Waals surface area (Å²) in [6.07, 6.45) is 1.45. The van der Waals surface area contributed by atoms with Crippen molar-refractivity contribution in [2.45, 2.75) is 27.4 Å². The Bertz CT molecular complexity index is 1090. The van der Waals surface area contributed by atoms with Gasteiger partial charge < -0.3 is 10.1 Å². The van der Waals surface area contributed by atoms with Crippen LogP contribution in [-0.2, 0) is 16.2 Å². The fraction of sp³-hybridized carbons (Fsp3) is 0.160. The van der Waals surface area contributed by atoms with Crippen molar-refractivity contribution < 1.29 is 14.3 Å². The molecule has 0 fully saturated rings. The molecule has 3 rings (SSSR count). The molecule has 0 spiro atoms. The quantitative estimate of drug-likeness (QED) is 0.358. The average Bonchev–Trinajstić information content (AvgIpc) is 2.76. The molecule has 0 aromatic heterocycles. The van der Waals surface area contributed by atoms with Crippen molar-refractivity contribution in [3.63, 3.8) is 0 Å². The molecule has 0 radical (unpaired) electrons. The van der Waals surface area contributed by atoms with E-state index in [0.717, 1.165) is 16.7 Å². The molecular formula is C25H25N3O3. The summed E-state index contributed by atoms with van der Waals surface area (Å²) < 4.78 is 5.89. The van der Waals surface area contributed by atoms with Crippen molar-refractivity contribution in [3.05, 3.63) is 94.5 Å². The van der Waals surface area contributed by atoms with E-state index < -0.39 is 11.8 Å². The number of nitrogens with one attached hydrogen (secondary N) is 2. The molecule has 31 heavy (non-hydrogen) atoms. The Balaban J connectivity index is 1.59. The number of para-hydroxylation sites is 2. The number of ether oxygens (including phenoxy) is 1. The second kappa shape index (κ2) is 10.2. The fourth-order valence-corrected chi connectivity index (χ4v) is 2.96. The third-order valence-corrected chi connectivity index (χ3v) is 4.73. The highest BCUT2D eigenvalue weighted by Crippen LogP contribution is 2.19. The number of hydrogen-bond donors (Lipinski definition) is 2. The van der Waals surface area contributed by atoms with Crippen molar-refractivity contribution in [1.29, 1.82) is 0 Å². The molecule has 6 nitrogen and oxygen atoms in total. The van der Waals surface area contributed by atoms with Gasteiger partial charge in [-0.05, 0) is 49.6 Å². The number of hydrazone groups is 1. The maximum Gasteiger partial charge on any atom is 0.329 e. The number of amides is 2. The summed E-state index contributed by atoms with van der Waals surface area (Å²) in [4.78, 5) is 24.3. The SMILES string of the molecule is Cc1ccc(COc2ccccc2/C=N\NC(=O)C(=O)Nc2c(C)cccc2C)cc1. The van der Waals surface area contributed by atoms with Gasteiger partial charge in [0.05, 0.1) is 6.21 Å². The zero-order valence-electron chi connectivity index (χ0n) is 17.8. The molecule has 158 valence electrons. The lowest BCUT2D eigenvalue weighted by atomic mass is 10.1. The molecule has 0 aliphatic heterocycles. The molecule has 0 heterocycles. The minimum Gasteiger partial charge on any atom is -0.488 e. The minimum absolute atomic E-state index is 0.412. The largest absolute Gasteiger partial charge is 0.488 e. The summed E-state index contributed by atoms with van der Waals surface area (Å²) in [7, 11) is 0. The van der Waals surface area contributed by atoms with Gasteiger partial charge in [0.1, 0.15) is 12.4 Å². The van der Waals surface area contributed by atoms with Crippen molar-refractivity contribution in [2.75, 3.05) is 5.32 Å². The molecule has 0 unspecified atom stereocenters. The molecule has 0 bridgehead atoms. The Morgan fingerprint density at radius 1 is 0.871 bits per heavy atom. The smallest absolute Gasteiger partial charge is 0.329 e. The van der Waals surface area contributed by atoms with Crippen LogP contribution in [0.2, 0.25) is 0 Å². The first-order chi connectivity index (χ1) is 14.9. The third-order valence-electron chi connectivity index (χ3n) is 4.73. The van der Waals surface area contributed by atoms with Crippen LogP contribution in [-0.4, -0.2) is 18.0 Å². The van der Waals surface area contributed by atoms with Crippen molar-refractivity contribution in [3.8, 4) is 5.75 Å². The highest BCUT2D eigenvalue weighted by molar-refractivity contribution is 6.39. The Labute approximate surface area is 182 Å². The Morgan fingerprint density at radius 3 is 2.26 bits per heavy atom. The molecule has 2 N–H and O–H groups in total. The second-order valence-electron chi connectivity index (χ2n) is 7.23. The average molecular weight is 415 g/mol. The van der Waals surface area contributed by atoms with E-state index in [2.05, 4.69) is 15.8 Å². The minimum atomic E-state index is -0.850. The van der Waals surface area contributed by atoms with Gasteiger partial charge in [0.2, 0.25) is 0 Å². The molecule has 0 saturated carbocycles. The fourth-order valence-electron chi connectivity index (χ4n) is 2.96. The first kappa shape index (κ1) is 21.8.